The Morgan fingerprint density at radius 1 is 1.32 bits per heavy atom. The summed E-state index contributed by atoms with van der Waals surface area (Å²) in [5.74, 6) is -0.180. The summed E-state index contributed by atoms with van der Waals surface area (Å²) < 4.78 is 4.91. The molecule has 0 saturated carbocycles. The van der Waals surface area contributed by atoms with Crippen molar-refractivity contribution in [3.05, 3.63) is 61.4 Å². The summed E-state index contributed by atoms with van der Waals surface area (Å²) in [6, 6.07) is 0. The molecule has 0 bridgehead atoms. The summed E-state index contributed by atoms with van der Waals surface area (Å²) in [5.41, 5.74) is 0.856. The Hall–Kier alpha value is -2.20. The molecule has 0 aliphatic heterocycles. The van der Waals surface area contributed by atoms with Gasteiger partial charge in [0, 0.05) is 26.4 Å². The van der Waals surface area contributed by atoms with Gasteiger partial charge in [-0.05, 0) is 11.6 Å². The largest absolute Gasteiger partial charge is 0.381 e. The lowest BCUT2D eigenvalue weighted by molar-refractivity contribution is -0.121. The second kappa shape index (κ2) is 10.9. The van der Waals surface area contributed by atoms with Crippen molar-refractivity contribution in [2.24, 2.45) is 4.99 Å². The van der Waals surface area contributed by atoms with Crippen LogP contribution in [0.5, 0.6) is 0 Å². The van der Waals surface area contributed by atoms with Crippen molar-refractivity contribution < 1.29 is 9.53 Å². The average Bonchev–Trinajstić information content (AvgIpc) is 2.41. The summed E-state index contributed by atoms with van der Waals surface area (Å²) >= 11 is 0. The molecule has 0 rings (SSSR count). The first-order chi connectivity index (χ1) is 9.15. The van der Waals surface area contributed by atoms with E-state index in [1.807, 2.05) is 12.2 Å². The fourth-order valence-corrected chi connectivity index (χ4v) is 1.07. The molecule has 0 aromatic heterocycles. The number of hydrogen-bond acceptors (Lipinski definition) is 3. The van der Waals surface area contributed by atoms with Crippen LogP contribution in [-0.2, 0) is 9.53 Å². The third-order valence-corrected chi connectivity index (χ3v) is 1.99. The van der Waals surface area contributed by atoms with Crippen LogP contribution in [0, 0.1) is 0 Å². The number of nitrogens with zero attached hydrogens (tertiary/aromatic N) is 2. The van der Waals surface area contributed by atoms with Gasteiger partial charge in [-0.25, -0.2) is 4.99 Å². The van der Waals surface area contributed by atoms with Crippen LogP contribution in [0.2, 0.25) is 0 Å². The number of carbonyl (C=O) groups is 1. The van der Waals surface area contributed by atoms with E-state index in [4.69, 9.17) is 4.74 Å². The molecule has 0 aromatic rings. The van der Waals surface area contributed by atoms with Gasteiger partial charge in [0.25, 0.3) is 5.91 Å². The van der Waals surface area contributed by atoms with Gasteiger partial charge in [-0.3, -0.25) is 4.79 Å². The van der Waals surface area contributed by atoms with Crippen molar-refractivity contribution in [1.29, 1.82) is 0 Å². The van der Waals surface area contributed by atoms with Gasteiger partial charge in [-0.15, -0.1) is 0 Å². The molecular weight excluding hydrogens is 240 g/mol. The number of aliphatic imine (C=N–C) groups is 1. The second-order valence-electron chi connectivity index (χ2n) is 3.49. The normalized spacial score (nSPS) is 12.4. The van der Waals surface area contributed by atoms with Crippen LogP contribution in [0.4, 0.5) is 0 Å². The predicted octanol–water partition coefficient (Wildman–Crippen LogP) is 2.49. The van der Waals surface area contributed by atoms with Gasteiger partial charge in [-0.1, -0.05) is 37.5 Å². The first kappa shape index (κ1) is 16.8. The van der Waals surface area contributed by atoms with E-state index in [2.05, 4.69) is 18.2 Å². The molecule has 0 saturated heterocycles. The zero-order valence-electron chi connectivity index (χ0n) is 11.5. The van der Waals surface area contributed by atoms with E-state index in [1.54, 1.807) is 32.4 Å². The zero-order chi connectivity index (χ0) is 14.5. The summed E-state index contributed by atoms with van der Waals surface area (Å²) in [4.78, 5) is 16.8. The first-order valence-electron chi connectivity index (χ1n) is 5.73. The molecule has 0 atom stereocenters. The quantitative estimate of drug-likeness (QED) is 0.291. The van der Waals surface area contributed by atoms with E-state index in [9.17, 15) is 4.79 Å². The van der Waals surface area contributed by atoms with Crippen LogP contribution in [0.1, 0.15) is 0 Å². The standard InChI is InChI=1S/C15H20N2O2/c1-5-8-14(9-7-12-19-4)10-11-15(18)17(3)13-16-6-2/h5-11,13H,1-2,12H2,3-4H3/b9-7-,11-10+,14-8+,16-13-. The lowest BCUT2D eigenvalue weighted by Crippen LogP contribution is -2.22. The van der Waals surface area contributed by atoms with E-state index in [-0.39, 0.29) is 5.91 Å². The fraction of sp³-hybridized carbons (Fsp3) is 0.200. The molecule has 0 radical (unpaired) electrons. The number of likely N-dealkylation sites (N-methyl/N-ethyl adjacent to an activating group) is 1. The van der Waals surface area contributed by atoms with E-state index in [0.29, 0.717) is 6.61 Å². The van der Waals surface area contributed by atoms with E-state index < -0.39 is 0 Å². The molecule has 0 unspecified atom stereocenters. The van der Waals surface area contributed by atoms with Gasteiger partial charge in [0.2, 0.25) is 0 Å². The fourth-order valence-electron chi connectivity index (χ4n) is 1.07. The summed E-state index contributed by atoms with van der Waals surface area (Å²) in [6.07, 6.45) is 13.1. The van der Waals surface area contributed by atoms with E-state index in [1.165, 1.54) is 23.5 Å². The molecule has 4 heteroatoms. The molecule has 0 heterocycles. The molecular formula is C15H20N2O2. The van der Waals surface area contributed by atoms with E-state index >= 15 is 0 Å². The number of carbonyl (C=O) groups excluding carboxylic acids is 1. The molecule has 4 nitrogen and oxygen atoms in total. The number of methoxy groups -OCH3 is 1. The Bertz CT molecular complexity index is 418. The number of amides is 1. The SMILES string of the molecule is C=C/C=C(\C=C/COC)/C=C/C(=O)N(C)/C=N\C=C. The molecule has 0 fully saturated rings. The molecule has 0 aliphatic carbocycles. The van der Waals surface area contributed by atoms with Crippen LogP contribution in [0.3, 0.4) is 0 Å². The Morgan fingerprint density at radius 2 is 2.05 bits per heavy atom. The topological polar surface area (TPSA) is 41.9 Å². The smallest absolute Gasteiger partial charge is 0.251 e. The highest BCUT2D eigenvalue weighted by molar-refractivity contribution is 5.95. The summed E-state index contributed by atoms with van der Waals surface area (Å²) in [7, 11) is 3.24. The molecule has 1 amide bonds. The highest BCUT2D eigenvalue weighted by atomic mass is 16.5. The highest BCUT2D eigenvalue weighted by Gasteiger charge is 2.00. The van der Waals surface area contributed by atoms with Crippen molar-refractivity contribution in [3.63, 3.8) is 0 Å². The van der Waals surface area contributed by atoms with Crippen LogP contribution in [0.25, 0.3) is 0 Å². The zero-order valence-corrected chi connectivity index (χ0v) is 11.5. The molecule has 0 spiro atoms. The Labute approximate surface area is 114 Å². The van der Waals surface area contributed by atoms with Gasteiger partial charge in [0.05, 0.1) is 12.9 Å². The number of allylic oxidation sites excluding steroid dienone is 5. The van der Waals surface area contributed by atoms with Crippen molar-refractivity contribution >= 4 is 12.2 Å². The minimum Gasteiger partial charge on any atom is -0.381 e. The first-order valence-corrected chi connectivity index (χ1v) is 5.73. The van der Waals surface area contributed by atoms with Crippen LogP contribution in [0.15, 0.2) is 66.4 Å². The average molecular weight is 260 g/mol. The highest BCUT2D eigenvalue weighted by Crippen LogP contribution is 2.01. The number of ether oxygens (including phenoxy) is 1. The second-order valence-corrected chi connectivity index (χ2v) is 3.49. The third-order valence-electron chi connectivity index (χ3n) is 1.99. The van der Waals surface area contributed by atoms with Gasteiger partial charge in [0.1, 0.15) is 0 Å². The molecule has 0 aliphatic rings. The van der Waals surface area contributed by atoms with Crippen molar-refractivity contribution in [2.45, 2.75) is 0 Å². The lowest BCUT2D eigenvalue weighted by Gasteiger charge is -2.06. The molecule has 0 N–H and O–H groups in total. The van der Waals surface area contributed by atoms with Crippen molar-refractivity contribution in [3.8, 4) is 0 Å². The summed E-state index contributed by atoms with van der Waals surface area (Å²) in [6.45, 7) is 7.58. The Balaban J connectivity index is 4.66. The lowest BCUT2D eigenvalue weighted by atomic mass is 10.2. The maximum absolute atomic E-state index is 11.7. The van der Waals surface area contributed by atoms with Crippen molar-refractivity contribution in [1.82, 2.24) is 4.90 Å². The number of rotatable bonds is 8. The molecule has 102 valence electrons. The maximum atomic E-state index is 11.7. The Kier molecular flexibility index (Phi) is 9.66. The molecule has 19 heavy (non-hydrogen) atoms. The van der Waals surface area contributed by atoms with Crippen molar-refractivity contribution in [2.75, 3.05) is 20.8 Å². The van der Waals surface area contributed by atoms with E-state index in [0.717, 1.165) is 5.57 Å². The third kappa shape index (κ3) is 8.51. The maximum Gasteiger partial charge on any atom is 0.251 e. The summed E-state index contributed by atoms with van der Waals surface area (Å²) in [5, 5.41) is 0. The van der Waals surface area contributed by atoms with Crippen LogP contribution >= 0.6 is 0 Å². The minimum atomic E-state index is -0.180. The van der Waals surface area contributed by atoms with Gasteiger partial charge in [0.15, 0.2) is 0 Å². The molecule has 0 aromatic carbocycles. The van der Waals surface area contributed by atoms with Gasteiger partial charge < -0.3 is 9.64 Å². The number of hydrogen-bond donors (Lipinski definition) is 0. The Morgan fingerprint density at radius 3 is 2.63 bits per heavy atom. The monoisotopic (exact) mass is 260 g/mol. The van der Waals surface area contributed by atoms with Gasteiger partial charge in [-0.2, -0.15) is 0 Å². The minimum absolute atomic E-state index is 0.180. The van der Waals surface area contributed by atoms with Crippen LogP contribution in [-0.4, -0.2) is 37.9 Å². The predicted molar refractivity (Wildman–Crippen MR) is 79.9 cm³/mol. The van der Waals surface area contributed by atoms with Gasteiger partial charge >= 0.3 is 0 Å². The van der Waals surface area contributed by atoms with Crippen LogP contribution < -0.4 is 0 Å².